The molecule has 1 unspecified atom stereocenters. The van der Waals surface area contributed by atoms with E-state index < -0.39 is 15.9 Å². The molecular formula is C13H18N2O5S. The van der Waals surface area contributed by atoms with Gasteiger partial charge >= 0.3 is 6.03 Å². The molecule has 0 spiro atoms. The van der Waals surface area contributed by atoms with E-state index in [9.17, 15) is 13.2 Å². The number of carbonyl (C=O) groups is 1. The lowest BCUT2D eigenvalue weighted by atomic mass is 10.2. The van der Waals surface area contributed by atoms with Gasteiger partial charge in [-0.25, -0.2) is 13.2 Å². The molecule has 8 heteroatoms. The van der Waals surface area contributed by atoms with Crippen LogP contribution in [0.3, 0.4) is 0 Å². The van der Waals surface area contributed by atoms with Gasteiger partial charge in [-0.3, -0.25) is 0 Å². The molecule has 1 aliphatic heterocycles. The first kappa shape index (κ1) is 15.4. The highest BCUT2D eigenvalue weighted by Crippen LogP contribution is 2.29. The van der Waals surface area contributed by atoms with Gasteiger partial charge in [-0.2, -0.15) is 0 Å². The minimum Gasteiger partial charge on any atom is -0.493 e. The number of carbonyl (C=O) groups excluding carboxylic acids is 1. The largest absolute Gasteiger partial charge is 0.493 e. The number of benzene rings is 1. The number of nitrogens with one attached hydrogen (secondary N) is 2. The number of rotatable bonds is 4. The van der Waals surface area contributed by atoms with Gasteiger partial charge in [0.15, 0.2) is 21.3 Å². The van der Waals surface area contributed by atoms with Gasteiger partial charge in [-0.15, -0.1) is 0 Å². The van der Waals surface area contributed by atoms with Crippen LogP contribution in [-0.2, 0) is 9.84 Å². The molecule has 2 N–H and O–H groups in total. The molecule has 0 radical (unpaired) electrons. The van der Waals surface area contributed by atoms with Gasteiger partial charge in [-0.05, 0) is 18.6 Å². The third-order valence-electron chi connectivity index (χ3n) is 3.21. The molecule has 0 aliphatic carbocycles. The SMILES string of the molecule is COc1ccc(NC(=O)NC2CCS(=O)(=O)C2)cc1OC. The summed E-state index contributed by atoms with van der Waals surface area (Å²) >= 11 is 0. The molecule has 1 fully saturated rings. The lowest BCUT2D eigenvalue weighted by Gasteiger charge is -2.13. The van der Waals surface area contributed by atoms with Crippen molar-refractivity contribution < 1.29 is 22.7 Å². The number of amides is 2. The van der Waals surface area contributed by atoms with E-state index in [0.29, 0.717) is 23.6 Å². The topological polar surface area (TPSA) is 93.7 Å². The van der Waals surface area contributed by atoms with Crippen LogP contribution in [0.1, 0.15) is 6.42 Å². The van der Waals surface area contributed by atoms with Crippen LogP contribution in [0.5, 0.6) is 11.5 Å². The van der Waals surface area contributed by atoms with Gasteiger partial charge in [0.1, 0.15) is 0 Å². The summed E-state index contributed by atoms with van der Waals surface area (Å²) in [6.45, 7) is 0. The minimum atomic E-state index is -3.01. The number of sulfone groups is 1. The Kier molecular flexibility index (Phi) is 4.56. The summed E-state index contributed by atoms with van der Waals surface area (Å²) in [5, 5.41) is 5.29. The zero-order chi connectivity index (χ0) is 15.5. The molecule has 7 nitrogen and oxygen atoms in total. The Morgan fingerprint density at radius 3 is 2.52 bits per heavy atom. The zero-order valence-electron chi connectivity index (χ0n) is 11.9. The maximum Gasteiger partial charge on any atom is 0.319 e. The van der Waals surface area contributed by atoms with Gasteiger partial charge in [0.25, 0.3) is 0 Å². The molecule has 1 aliphatic rings. The Labute approximate surface area is 123 Å². The number of methoxy groups -OCH3 is 2. The van der Waals surface area contributed by atoms with Crippen LogP contribution >= 0.6 is 0 Å². The fourth-order valence-corrected chi connectivity index (χ4v) is 3.85. The summed E-state index contributed by atoms with van der Waals surface area (Å²) in [4.78, 5) is 11.8. The highest BCUT2D eigenvalue weighted by Gasteiger charge is 2.28. The number of ether oxygens (including phenoxy) is 2. The standard InChI is InChI=1S/C13H18N2O5S/c1-19-11-4-3-9(7-12(11)20-2)14-13(16)15-10-5-6-21(17,18)8-10/h3-4,7,10H,5-6,8H2,1-2H3,(H2,14,15,16). The summed E-state index contributed by atoms with van der Waals surface area (Å²) < 4.78 is 32.9. The van der Waals surface area contributed by atoms with E-state index in [2.05, 4.69) is 10.6 Å². The Balaban J connectivity index is 1.97. The molecule has 2 amide bonds. The van der Waals surface area contributed by atoms with E-state index in [-0.39, 0.29) is 17.5 Å². The van der Waals surface area contributed by atoms with Gasteiger partial charge < -0.3 is 20.1 Å². The van der Waals surface area contributed by atoms with Crippen molar-refractivity contribution in [3.05, 3.63) is 18.2 Å². The highest BCUT2D eigenvalue weighted by molar-refractivity contribution is 7.91. The van der Waals surface area contributed by atoms with E-state index in [1.165, 1.54) is 14.2 Å². The molecule has 0 aromatic heterocycles. The predicted octanol–water partition coefficient (Wildman–Crippen LogP) is 1.01. The average molecular weight is 314 g/mol. The van der Waals surface area contributed by atoms with Crippen molar-refractivity contribution in [2.75, 3.05) is 31.0 Å². The second-order valence-electron chi connectivity index (χ2n) is 4.77. The quantitative estimate of drug-likeness (QED) is 0.865. The molecule has 1 heterocycles. The number of hydrogen-bond donors (Lipinski definition) is 2. The Hall–Kier alpha value is -1.96. The van der Waals surface area contributed by atoms with E-state index in [4.69, 9.17) is 9.47 Å². The van der Waals surface area contributed by atoms with Gasteiger partial charge in [0.2, 0.25) is 0 Å². The van der Waals surface area contributed by atoms with E-state index in [1.807, 2.05) is 0 Å². The molecule has 1 aromatic carbocycles. The Morgan fingerprint density at radius 1 is 1.24 bits per heavy atom. The van der Waals surface area contributed by atoms with Crippen molar-refractivity contribution >= 4 is 21.6 Å². The van der Waals surface area contributed by atoms with Crippen molar-refractivity contribution in [2.24, 2.45) is 0 Å². The summed E-state index contributed by atoms with van der Waals surface area (Å²) in [6.07, 6.45) is 0.446. The zero-order valence-corrected chi connectivity index (χ0v) is 12.7. The van der Waals surface area contributed by atoms with Crippen molar-refractivity contribution in [3.8, 4) is 11.5 Å². The van der Waals surface area contributed by atoms with E-state index in [1.54, 1.807) is 18.2 Å². The van der Waals surface area contributed by atoms with Crippen molar-refractivity contribution in [3.63, 3.8) is 0 Å². The van der Waals surface area contributed by atoms with Gasteiger partial charge in [-0.1, -0.05) is 0 Å². The van der Waals surface area contributed by atoms with Crippen molar-refractivity contribution in [2.45, 2.75) is 12.5 Å². The predicted molar refractivity (Wildman–Crippen MR) is 78.8 cm³/mol. The highest BCUT2D eigenvalue weighted by atomic mass is 32.2. The molecule has 1 saturated heterocycles. The normalized spacial score (nSPS) is 19.8. The van der Waals surface area contributed by atoms with E-state index in [0.717, 1.165) is 0 Å². The van der Waals surface area contributed by atoms with Crippen LogP contribution < -0.4 is 20.1 Å². The Morgan fingerprint density at radius 2 is 1.95 bits per heavy atom. The van der Waals surface area contributed by atoms with Crippen LogP contribution in [0.25, 0.3) is 0 Å². The lowest BCUT2D eigenvalue weighted by Crippen LogP contribution is -2.38. The molecular weight excluding hydrogens is 296 g/mol. The summed E-state index contributed by atoms with van der Waals surface area (Å²) in [5.74, 6) is 1.17. The van der Waals surface area contributed by atoms with Crippen LogP contribution in [-0.4, -0.2) is 46.2 Å². The second-order valence-corrected chi connectivity index (χ2v) is 7.00. The number of anilines is 1. The first-order chi connectivity index (χ1) is 9.93. The summed E-state index contributed by atoms with van der Waals surface area (Å²) in [5.41, 5.74) is 0.533. The molecule has 2 rings (SSSR count). The third kappa shape index (κ3) is 4.01. The lowest BCUT2D eigenvalue weighted by molar-refractivity contribution is 0.249. The molecule has 21 heavy (non-hydrogen) atoms. The fourth-order valence-electron chi connectivity index (χ4n) is 2.18. The molecule has 1 aromatic rings. The first-order valence-corrected chi connectivity index (χ1v) is 8.25. The maximum atomic E-state index is 11.8. The van der Waals surface area contributed by atoms with Crippen LogP contribution in [0.15, 0.2) is 18.2 Å². The van der Waals surface area contributed by atoms with Crippen LogP contribution in [0.2, 0.25) is 0 Å². The molecule has 0 bridgehead atoms. The maximum absolute atomic E-state index is 11.8. The number of urea groups is 1. The van der Waals surface area contributed by atoms with Gasteiger partial charge in [0.05, 0.1) is 25.7 Å². The van der Waals surface area contributed by atoms with Crippen molar-refractivity contribution in [1.29, 1.82) is 0 Å². The van der Waals surface area contributed by atoms with E-state index >= 15 is 0 Å². The van der Waals surface area contributed by atoms with Crippen LogP contribution in [0, 0.1) is 0 Å². The first-order valence-electron chi connectivity index (χ1n) is 6.43. The van der Waals surface area contributed by atoms with Crippen molar-refractivity contribution in [1.82, 2.24) is 5.32 Å². The minimum absolute atomic E-state index is 0.00759. The third-order valence-corrected chi connectivity index (χ3v) is 4.98. The molecule has 0 saturated carbocycles. The van der Waals surface area contributed by atoms with Gasteiger partial charge in [0, 0.05) is 17.8 Å². The fraction of sp³-hybridized carbons (Fsp3) is 0.462. The Bertz CT molecular complexity index is 629. The molecule has 1 atom stereocenters. The summed E-state index contributed by atoms with van der Waals surface area (Å²) in [6, 6.07) is 4.20. The monoisotopic (exact) mass is 314 g/mol. The average Bonchev–Trinajstić information content (AvgIpc) is 2.77. The summed E-state index contributed by atoms with van der Waals surface area (Å²) in [7, 11) is 0.0184. The smallest absolute Gasteiger partial charge is 0.319 e. The van der Waals surface area contributed by atoms with Crippen LogP contribution in [0.4, 0.5) is 10.5 Å². The number of hydrogen-bond acceptors (Lipinski definition) is 5. The molecule has 116 valence electrons. The second kappa shape index (κ2) is 6.21.